The summed E-state index contributed by atoms with van der Waals surface area (Å²) in [7, 11) is 1.81. The molecule has 0 saturated heterocycles. The first kappa shape index (κ1) is 14.5. The van der Waals surface area contributed by atoms with Crippen molar-refractivity contribution in [3.05, 3.63) is 47.7 Å². The lowest BCUT2D eigenvalue weighted by molar-refractivity contribution is 0.102. The second kappa shape index (κ2) is 5.73. The number of furan rings is 1. The maximum Gasteiger partial charge on any atom is 0.260 e. The minimum Gasteiger partial charge on any atom is -0.450 e. The van der Waals surface area contributed by atoms with E-state index in [0.29, 0.717) is 22.8 Å². The first-order chi connectivity index (χ1) is 11.1. The standard InChI is InChI=1S/C15H12N6O2/c1-9-12(5-11(6-16)23-9)15(22)18-14-4-3-13(19-20-14)10-7-17-21(2)8-10/h3-5,7-8H,1-2H3,(H,18,20,22). The topological polar surface area (TPSA) is 110 Å². The zero-order valence-electron chi connectivity index (χ0n) is 12.4. The van der Waals surface area contributed by atoms with E-state index in [9.17, 15) is 4.79 Å². The van der Waals surface area contributed by atoms with E-state index in [1.54, 1.807) is 29.9 Å². The molecule has 23 heavy (non-hydrogen) atoms. The lowest BCUT2D eigenvalue weighted by Crippen LogP contribution is -2.13. The number of nitrogens with zero attached hydrogens (tertiary/aromatic N) is 5. The molecule has 0 unspecified atom stereocenters. The molecule has 114 valence electrons. The van der Waals surface area contributed by atoms with Gasteiger partial charge in [0.25, 0.3) is 5.91 Å². The number of hydrogen-bond donors (Lipinski definition) is 1. The van der Waals surface area contributed by atoms with Gasteiger partial charge in [-0.2, -0.15) is 10.4 Å². The molecular weight excluding hydrogens is 296 g/mol. The Kier molecular flexibility index (Phi) is 3.60. The van der Waals surface area contributed by atoms with Crippen molar-refractivity contribution in [2.75, 3.05) is 5.32 Å². The number of nitriles is 1. The van der Waals surface area contributed by atoms with Gasteiger partial charge in [0.1, 0.15) is 11.8 Å². The largest absolute Gasteiger partial charge is 0.450 e. The van der Waals surface area contributed by atoms with Crippen molar-refractivity contribution in [3.63, 3.8) is 0 Å². The maximum absolute atomic E-state index is 12.2. The van der Waals surface area contributed by atoms with E-state index in [1.807, 2.05) is 19.3 Å². The van der Waals surface area contributed by atoms with Gasteiger partial charge in [-0.3, -0.25) is 9.48 Å². The highest BCUT2D eigenvalue weighted by Crippen LogP contribution is 2.18. The second-order valence-corrected chi connectivity index (χ2v) is 4.85. The van der Waals surface area contributed by atoms with Gasteiger partial charge in [-0.1, -0.05) is 0 Å². The highest BCUT2D eigenvalue weighted by Gasteiger charge is 2.15. The van der Waals surface area contributed by atoms with Crippen molar-refractivity contribution in [2.45, 2.75) is 6.92 Å². The van der Waals surface area contributed by atoms with Gasteiger partial charge in [-0.15, -0.1) is 10.2 Å². The number of aromatic nitrogens is 4. The molecule has 0 bridgehead atoms. The molecule has 8 heteroatoms. The SMILES string of the molecule is Cc1oc(C#N)cc1C(=O)Nc1ccc(-c2cnn(C)c2)nn1. The van der Waals surface area contributed by atoms with Gasteiger partial charge in [0.2, 0.25) is 5.76 Å². The Labute approximate surface area is 131 Å². The second-order valence-electron chi connectivity index (χ2n) is 4.85. The summed E-state index contributed by atoms with van der Waals surface area (Å²) in [4.78, 5) is 12.2. The van der Waals surface area contributed by atoms with Gasteiger partial charge in [0.05, 0.1) is 17.5 Å². The van der Waals surface area contributed by atoms with Gasteiger partial charge in [0, 0.05) is 24.9 Å². The molecule has 0 saturated carbocycles. The van der Waals surface area contributed by atoms with Crippen molar-refractivity contribution in [2.24, 2.45) is 7.05 Å². The smallest absolute Gasteiger partial charge is 0.260 e. The molecule has 8 nitrogen and oxygen atoms in total. The zero-order chi connectivity index (χ0) is 16.4. The molecular formula is C15H12N6O2. The van der Waals surface area contributed by atoms with E-state index in [-0.39, 0.29) is 5.76 Å². The van der Waals surface area contributed by atoms with E-state index in [1.165, 1.54) is 6.07 Å². The summed E-state index contributed by atoms with van der Waals surface area (Å²) in [6.45, 7) is 1.62. The van der Waals surface area contributed by atoms with Crippen LogP contribution in [0, 0.1) is 18.3 Å². The number of rotatable bonds is 3. The molecule has 0 fully saturated rings. The third-order valence-corrected chi connectivity index (χ3v) is 3.18. The minimum atomic E-state index is -0.406. The highest BCUT2D eigenvalue weighted by molar-refractivity contribution is 6.04. The molecule has 1 N–H and O–H groups in total. The molecule has 1 amide bonds. The third kappa shape index (κ3) is 2.94. The maximum atomic E-state index is 12.2. The zero-order valence-corrected chi connectivity index (χ0v) is 12.4. The summed E-state index contributed by atoms with van der Waals surface area (Å²) in [5, 5.41) is 23.5. The normalized spacial score (nSPS) is 10.3. The quantitative estimate of drug-likeness (QED) is 0.791. The average Bonchev–Trinajstić information content (AvgIpc) is 3.14. The molecule has 0 spiro atoms. The molecule has 0 aromatic carbocycles. The van der Waals surface area contributed by atoms with Crippen LogP contribution in [0.2, 0.25) is 0 Å². The monoisotopic (exact) mass is 308 g/mol. The number of hydrogen-bond acceptors (Lipinski definition) is 6. The predicted molar refractivity (Wildman–Crippen MR) is 80.3 cm³/mol. The Morgan fingerprint density at radius 2 is 2.22 bits per heavy atom. The molecule has 0 aliphatic heterocycles. The van der Waals surface area contributed by atoms with Crippen LogP contribution in [-0.4, -0.2) is 25.9 Å². The Morgan fingerprint density at radius 1 is 1.39 bits per heavy atom. The summed E-state index contributed by atoms with van der Waals surface area (Å²) < 4.78 is 6.80. The lowest BCUT2D eigenvalue weighted by Gasteiger charge is -2.03. The van der Waals surface area contributed by atoms with E-state index in [0.717, 1.165) is 5.56 Å². The lowest BCUT2D eigenvalue weighted by atomic mass is 10.2. The van der Waals surface area contributed by atoms with Crippen LogP contribution in [0.3, 0.4) is 0 Å². The minimum absolute atomic E-state index is 0.0886. The summed E-state index contributed by atoms with van der Waals surface area (Å²) in [6, 6.07) is 6.63. The van der Waals surface area contributed by atoms with Crippen LogP contribution in [0.4, 0.5) is 5.82 Å². The fourth-order valence-electron chi connectivity index (χ4n) is 2.05. The Morgan fingerprint density at radius 3 is 2.78 bits per heavy atom. The number of carbonyl (C=O) groups is 1. The molecule has 3 rings (SSSR count). The highest BCUT2D eigenvalue weighted by atomic mass is 16.3. The predicted octanol–water partition coefficient (Wildman–Crippen LogP) is 1.90. The molecule has 0 radical (unpaired) electrons. The average molecular weight is 308 g/mol. The molecule has 3 aromatic rings. The summed E-state index contributed by atoms with van der Waals surface area (Å²) >= 11 is 0. The fraction of sp³-hybridized carbons (Fsp3) is 0.133. The first-order valence-electron chi connectivity index (χ1n) is 6.71. The van der Waals surface area contributed by atoms with Gasteiger partial charge >= 0.3 is 0 Å². The van der Waals surface area contributed by atoms with E-state index < -0.39 is 5.91 Å². The Bertz CT molecular complexity index is 901. The fourth-order valence-corrected chi connectivity index (χ4v) is 2.05. The van der Waals surface area contributed by atoms with Gasteiger partial charge in [-0.05, 0) is 19.1 Å². The third-order valence-electron chi connectivity index (χ3n) is 3.18. The summed E-state index contributed by atoms with van der Waals surface area (Å²) in [6.07, 6.45) is 3.50. The van der Waals surface area contributed by atoms with E-state index in [2.05, 4.69) is 20.6 Å². The van der Waals surface area contributed by atoms with Crippen molar-refractivity contribution < 1.29 is 9.21 Å². The molecule has 0 atom stereocenters. The molecule has 3 aromatic heterocycles. The van der Waals surface area contributed by atoms with Gasteiger partial charge in [0.15, 0.2) is 5.82 Å². The van der Waals surface area contributed by atoms with Gasteiger partial charge < -0.3 is 9.73 Å². The van der Waals surface area contributed by atoms with Crippen LogP contribution < -0.4 is 5.32 Å². The van der Waals surface area contributed by atoms with Crippen LogP contribution in [0.1, 0.15) is 21.9 Å². The van der Waals surface area contributed by atoms with Crippen molar-refractivity contribution >= 4 is 11.7 Å². The van der Waals surface area contributed by atoms with Crippen LogP contribution in [0.25, 0.3) is 11.3 Å². The Balaban J connectivity index is 1.76. The Hall–Kier alpha value is -3.47. The van der Waals surface area contributed by atoms with Crippen LogP contribution in [-0.2, 0) is 7.05 Å². The number of amides is 1. The van der Waals surface area contributed by atoms with E-state index >= 15 is 0 Å². The van der Waals surface area contributed by atoms with Crippen LogP contribution in [0.15, 0.2) is 35.0 Å². The van der Waals surface area contributed by atoms with Gasteiger partial charge in [-0.25, -0.2) is 0 Å². The number of carbonyl (C=O) groups excluding carboxylic acids is 1. The molecule has 0 aliphatic carbocycles. The summed E-state index contributed by atoms with van der Waals surface area (Å²) in [5.74, 6) is 0.363. The number of anilines is 1. The molecule has 0 aliphatic rings. The van der Waals surface area contributed by atoms with Crippen LogP contribution in [0.5, 0.6) is 0 Å². The summed E-state index contributed by atoms with van der Waals surface area (Å²) in [5.41, 5.74) is 1.78. The molecule has 3 heterocycles. The number of nitrogens with one attached hydrogen (secondary N) is 1. The van der Waals surface area contributed by atoms with E-state index in [4.69, 9.17) is 9.68 Å². The van der Waals surface area contributed by atoms with Crippen molar-refractivity contribution in [1.82, 2.24) is 20.0 Å². The van der Waals surface area contributed by atoms with Crippen molar-refractivity contribution in [3.8, 4) is 17.3 Å². The van der Waals surface area contributed by atoms with Crippen LogP contribution >= 0.6 is 0 Å². The van der Waals surface area contributed by atoms with Crippen molar-refractivity contribution in [1.29, 1.82) is 5.26 Å². The number of aryl methyl sites for hydroxylation is 2. The first-order valence-corrected chi connectivity index (χ1v) is 6.71.